The number of hydrogen-bond acceptors (Lipinski definition) is 8. The van der Waals surface area contributed by atoms with Gasteiger partial charge in [-0.1, -0.05) is 18.9 Å². The van der Waals surface area contributed by atoms with Crippen LogP contribution in [0.2, 0.25) is 0 Å². The van der Waals surface area contributed by atoms with Gasteiger partial charge < -0.3 is 10.3 Å². The Kier molecular flexibility index (Phi) is 7.84. The molecule has 0 amide bonds. The topological polar surface area (TPSA) is 142 Å². The molecule has 0 unspecified atom stereocenters. The first-order valence-corrected chi connectivity index (χ1v) is 17.2. The molecule has 6 aromatic rings. The van der Waals surface area contributed by atoms with Gasteiger partial charge in [-0.05, 0) is 72.7 Å². The molecule has 0 aliphatic heterocycles. The summed E-state index contributed by atoms with van der Waals surface area (Å²) in [5.41, 5.74) is 7.22. The number of hydrogen-bond donors (Lipinski definition) is 3. The third-order valence-electron chi connectivity index (χ3n) is 8.42. The van der Waals surface area contributed by atoms with Gasteiger partial charge in [0, 0.05) is 47.9 Å². The summed E-state index contributed by atoms with van der Waals surface area (Å²) in [4.78, 5) is 21.7. The van der Waals surface area contributed by atoms with Crippen LogP contribution in [0.25, 0.3) is 55.8 Å². The highest BCUT2D eigenvalue weighted by molar-refractivity contribution is 7.90. The number of nitrogens with one attached hydrogen (secondary N) is 3. The van der Waals surface area contributed by atoms with Crippen LogP contribution in [0.4, 0.5) is 4.39 Å². The van der Waals surface area contributed by atoms with Gasteiger partial charge in [0.25, 0.3) is 0 Å². The molecular weight excluding hydrogens is 591 g/mol. The fraction of sp³-hybridized carbons (Fsp3) is 0.303. The average molecular weight is 625 g/mol. The lowest BCUT2D eigenvalue weighted by molar-refractivity contribution is 0.489. The first-order valence-electron chi connectivity index (χ1n) is 15.1. The molecule has 5 heterocycles. The molecule has 1 fully saturated rings. The van der Waals surface area contributed by atoms with Crippen molar-refractivity contribution in [2.24, 2.45) is 5.92 Å². The quantitative estimate of drug-likeness (QED) is 0.178. The Morgan fingerprint density at radius 3 is 2.60 bits per heavy atom. The van der Waals surface area contributed by atoms with Crippen molar-refractivity contribution < 1.29 is 12.8 Å². The van der Waals surface area contributed by atoms with Crippen LogP contribution >= 0.6 is 0 Å². The standard InChI is InChI=1S/C33H33FN8O2S/c1-45(43,44)7-6-21-8-23(11-25(34)10-21)27-17-37-18-30-31(27)40-33(39-30)32-26-12-28(38-19-29(26)41-42-32)24-9-22(15-36-16-24)14-35-13-20-4-2-3-5-20/h8-12,15-20,35H,2-7,13-14H2,1H3,(H,39,40)(H,41,42). The van der Waals surface area contributed by atoms with Crippen molar-refractivity contribution in [3.8, 4) is 33.9 Å². The predicted molar refractivity (Wildman–Crippen MR) is 172 cm³/mol. The molecule has 0 radical (unpaired) electrons. The van der Waals surface area contributed by atoms with Gasteiger partial charge in [0.2, 0.25) is 0 Å². The third kappa shape index (κ3) is 6.47. The highest BCUT2D eigenvalue weighted by Crippen LogP contribution is 2.33. The molecule has 7 rings (SSSR count). The molecule has 12 heteroatoms. The van der Waals surface area contributed by atoms with Crippen molar-refractivity contribution >= 4 is 31.8 Å². The third-order valence-corrected chi connectivity index (χ3v) is 9.37. The second-order valence-electron chi connectivity index (χ2n) is 11.9. The van der Waals surface area contributed by atoms with E-state index in [1.165, 1.54) is 44.1 Å². The number of fused-ring (bicyclic) bond motifs is 2. The van der Waals surface area contributed by atoms with E-state index >= 15 is 0 Å². The first kappa shape index (κ1) is 29.2. The summed E-state index contributed by atoms with van der Waals surface area (Å²) in [6.07, 6.45) is 15.4. The van der Waals surface area contributed by atoms with Crippen LogP contribution in [0.3, 0.4) is 0 Å². The monoisotopic (exact) mass is 624 g/mol. The van der Waals surface area contributed by atoms with Crippen LogP contribution < -0.4 is 5.32 Å². The summed E-state index contributed by atoms with van der Waals surface area (Å²) in [5.74, 6) is 0.781. The predicted octanol–water partition coefficient (Wildman–Crippen LogP) is 5.63. The van der Waals surface area contributed by atoms with Gasteiger partial charge in [-0.25, -0.2) is 17.8 Å². The lowest BCUT2D eigenvalue weighted by Gasteiger charge is -2.11. The molecule has 10 nitrogen and oxygen atoms in total. The zero-order chi connectivity index (χ0) is 31.0. The van der Waals surface area contributed by atoms with Gasteiger partial charge in [-0.3, -0.25) is 20.1 Å². The number of H-pyrrole nitrogens is 2. The van der Waals surface area contributed by atoms with Gasteiger partial charge in [0.05, 0.1) is 40.4 Å². The van der Waals surface area contributed by atoms with Gasteiger partial charge in [0.15, 0.2) is 5.82 Å². The summed E-state index contributed by atoms with van der Waals surface area (Å²) in [5, 5.41) is 12.0. The summed E-state index contributed by atoms with van der Waals surface area (Å²) in [6, 6.07) is 8.65. The highest BCUT2D eigenvalue weighted by atomic mass is 32.2. The van der Waals surface area contributed by atoms with Gasteiger partial charge in [-0.15, -0.1) is 0 Å². The summed E-state index contributed by atoms with van der Waals surface area (Å²) in [7, 11) is -3.19. The maximum absolute atomic E-state index is 14.6. The molecule has 0 atom stereocenters. The molecule has 0 spiro atoms. The van der Waals surface area contributed by atoms with Crippen LogP contribution in [0.15, 0.2) is 61.3 Å². The number of halogens is 1. The van der Waals surface area contributed by atoms with E-state index in [0.717, 1.165) is 46.7 Å². The van der Waals surface area contributed by atoms with E-state index in [4.69, 9.17) is 4.98 Å². The Morgan fingerprint density at radius 1 is 0.933 bits per heavy atom. The van der Waals surface area contributed by atoms with E-state index in [9.17, 15) is 12.8 Å². The smallest absolute Gasteiger partial charge is 0.159 e. The molecule has 1 aromatic carbocycles. The Bertz CT molecular complexity index is 2120. The largest absolute Gasteiger partial charge is 0.335 e. The van der Waals surface area contributed by atoms with Crippen LogP contribution in [0.5, 0.6) is 0 Å². The van der Waals surface area contributed by atoms with Crippen molar-refractivity contribution in [2.75, 3.05) is 18.6 Å². The van der Waals surface area contributed by atoms with E-state index in [1.54, 1.807) is 24.7 Å². The maximum atomic E-state index is 14.6. The van der Waals surface area contributed by atoms with Crippen LogP contribution in [-0.2, 0) is 22.8 Å². The summed E-state index contributed by atoms with van der Waals surface area (Å²) < 4.78 is 38.0. The zero-order valence-corrected chi connectivity index (χ0v) is 25.7. The second-order valence-corrected chi connectivity index (χ2v) is 14.2. The minimum absolute atomic E-state index is 0.0638. The van der Waals surface area contributed by atoms with Crippen LogP contribution in [0, 0.1) is 11.7 Å². The number of aromatic nitrogens is 7. The Morgan fingerprint density at radius 2 is 1.76 bits per heavy atom. The molecule has 5 aromatic heterocycles. The first-order chi connectivity index (χ1) is 21.8. The minimum atomic E-state index is -3.19. The van der Waals surface area contributed by atoms with Crippen molar-refractivity contribution in [2.45, 2.75) is 38.6 Å². The number of rotatable bonds is 10. The van der Waals surface area contributed by atoms with Crippen LogP contribution in [-0.4, -0.2) is 62.1 Å². The minimum Gasteiger partial charge on any atom is -0.335 e. The maximum Gasteiger partial charge on any atom is 0.159 e. The van der Waals surface area contributed by atoms with Crippen molar-refractivity contribution in [3.05, 3.63) is 78.3 Å². The Hall–Kier alpha value is -4.55. The van der Waals surface area contributed by atoms with Crippen LogP contribution in [0.1, 0.15) is 36.8 Å². The van der Waals surface area contributed by atoms with E-state index in [2.05, 4.69) is 41.5 Å². The molecule has 1 saturated carbocycles. The van der Waals surface area contributed by atoms with E-state index in [0.29, 0.717) is 39.2 Å². The molecule has 0 saturated heterocycles. The number of pyridine rings is 3. The molecule has 45 heavy (non-hydrogen) atoms. The van der Waals surface area contributed by atoms with Gasteiger partial charge in [0.1, 0.15) is 21.3 Å². The zero-order valence-electron chi connectivity index (χ0n) is 24.8. The van der Waals surface area contributed by atoms with E-state index < -0.39 is 15.7 Å². The number of imidazole rings is 1. The SMILES string of the molecule is CS(=O)(=O)CCc1cc(F)cc(-c2cncc3[nH]c(-c4n[nH]c5cnc(-c6cncc(CNCC7CCCC7)c6)cc45)nc23)c1. The molecule has 1 aliphatic carbocycles. The van der Waals surface area contributed by atoms with E-state index in [1.807, 2.05) is 18.5 Å². The normalized spacial score (nSPS) is 14.2. The number of sulfone groups is 1. The highest BCUT2D eigenvalue weighted by Gasteiger charge is 2.18. The fourth-order valence-electron chi connectivity index (χ4n) is 6.12. The number of nitrogens with zero attached hydrogens (tertiary/aromatic N) is 5. The van der Waals surface area contributed by atoms with Gasteiger partial charge in [-0.2, -0.15) is 5.10 Å². The molecule has 230 valence electrons. The Labute approximate surface area is 259 Å². The van der Waals surface area contributed by atoms with Gasteiger partial charge >= 0.3 is 0 Å². The van der Waals surface area contributed by atoms with Crippen molar-refractivity contribution in [1.29, 1.82) is 0 Å². The summed E-state index contributed by atoms with van der Waals surface area (Å²) >= 11 is 0. The van der Waals surface area contributed by atoms with Crippen molar-refractivity contribution in [3.63, 3.8) is 0 Å². The molecule has 3 N–H and O–H groups in total. The molecule has 0 bridgehead atoms. The van der Waals surface area contributed by atoms with E-state index in [-0.39, 0.29) is 12.2 Å². The second kappa shape index (κ2) is 12.1. The summed E-state index contributed by atoms with van der Waals surface area (Å²) in [6.45, 7) is 1.79. The molecular formula is C33H33FN8O2S. The van der Waals surface area contributed by atoms with Crippen molar-refractivity contribution in [1.82, 2.24) is 40.4 Å². The Balaban J connectivity index is 1.19. The lowest BCUT2D eigenvalue weighted by atomic mass is 10.0. The average Bonchev–Trinajstić information content (AvgIpc) is 3.79. The lowest BCUT2D eigenvalue weighted by Crippen LogP contribution is -2.20. The molecule has 1 aliphatic rings. The number of aryl methyl sites for hydroxylation is 1. The fourth-order valence-corrected chi connectivity index (χ4v) is 6.73. The number of aromatic amines is 2. The number of benzene rings is 1.